The molecule has 0 spiro atoms. The molecule has 1 unspecified atom stereocenters. The van der Waals surface area contributed by atoms with Crippen molar-refractivity contribution in [3.05, 3.63) is 63.2 Å². The van der Waals surface area contributed by atoms with Crippen LogP contribution in [-0.2, 0) is 9.84 Å². The lowest BCUT2D eigenvalue weighted by atomic mass is 10.1. The maximum Gasteiger partial charge on any atom is 0.341 e. The maximum atomic E-state index is 12.6. The van der Waals surface area contributed by atoms with Gasteiger partial charge in [-0.15, -0.1) is 0 Å². The highest BCUT2D eigenvalue weighted by atomic mass is 35.5. The van der Waals surface area contributed by atoms with Crippen LogP contribution in [-0.4, -0.2) is 30.8 Å². The molecule has 0 aliphatic carbocycles. The Labute approximate surface area is 152 Å². The number of aliphatic hydroxyl groups is 1. The lowest BCUT2D eigenvalue weighted by molar-refractivity contribution is -0.384. The Kier molecular flexibility index (Phi) is 6.11. The number of nitro groups is 1. The predicted octanol–water partition coefficient (Wildman–Crippen LogP) is 3.39. The van der Waals surface area contributed by atoms with Gasteiger partial charge in [0.2, 0.25) is 9.84 Å². The molecule has 11 heteroatoms. The molecule has 26 heavy (non-hydrogen) atoms. The monoisotopic (exact) mass is 406 g/mol. The molecule has 0 saturated heterocycles. The molecule has 0 saturated carbocycles. The van der Waals surface area contributed by atoms with Crippen LogP contribution in [0.2, 0.25) is 5.02 Å². The second-order valence-electron chi connectivity index (χ2n) is 5.17. The number of nitro benzene ring substituents is 1. The molecule has 0 aliphatic rings. The van der Waals surface area contributed by atoms with Gasteiger partial charge in [-0.25, -0.2) is 8.42 Å². The number of hydrogen-bond donors (Lipinski definition) is 2. The van der Waals surface area contributed by atoms with Crippen molar-refractivity contribution >= 4 is 32.8 Å². The van der Waals surface area contributed by atoms with Crippen LogP contribution in [0.4, 0.5) is 20.2 Å². The molecule has 0 aromatic heterocycles. The average Bonchev–Trinajstić information content (AvgIpc) is 2.60. The van der Waals surface area contributed by atoms with Crippen molar-refractivity contribution in [1.29, 1.82) is 0 Å². The van der Waals surface area contributed by atoms with Crippen LogP contribution in [0.15, 0.2) is 47.4 Å². The van der Waals surface area contributed by atoms with E-state index in [2.05, 4.69) is 5.32 Å². The molecule has 0 bridgehead atoms. The number of sulfone groups is 1. The normalized spacial score (nSPS) is 12.8. The van der Waals surface area contributed by atoms with Crippen LogP contribution in [0.1, 0.15) is 11.6 Å². The first-order chi connectivity index (χ1) is 12.2. The van der Waals surface area contributed by atoms with E-state index in [1.54, 1.807) is 24.3 Å². The summed E-state index contributed by atoms with van der Waals surface area (Å²) in [6, 6.07) is 7.96. The van der Waals surface area contributed by atoms with Crippen LogP contribution >= 0.6 is 11.6 Å². The second-order valence-corrected chi connectivity index (χ2v) is 7.53. The van der Waals surface area contributed by atoms with E-state index in [1.807, 2.05) is 0 Å². The second kappa shape index (κ2) is 7.94. The van der Waals surface area contributed by atoms with Crippen LogP contribution in [0, 0.1) is 10.1 Å². The number of alkyl halides is 2. The lowest BCUT2D eigenvalue weighted by Crippen LogP contribution is -2.16. The largest absolute Gasteiger partial charge is 0.394 e. The Morgan fingerprint density at radius 2 is 1.81 bits per heavy atom. The van der Waals surface area contributed by atoms with Crippen molar-refractivity contribution in [2.45, 2.75) is 16.7 Å². The molecule has 0 amide bonds. The number of nitrogens with zero attached hydrogens (tertiary/aromatic N) is 1. The molecule has 0 heterocycles. The average molecular weight is 407 g/mol. The summed E-state index contributed by atoms with van der Waals surface area (Å²) >= 11 is 5.78. The summed E-state index contributed by atoms with van der Waals surface area (Å²) in [5.41, 5.74) is -0.271. The molecule has 2 aromatic carbocycles. The van der Waals surface area contributed by atoms with Gasteiger partial charge >= 0.3 is 5.76 Å². The number of nitrogens with one attached hydrogen (secondary N) is 1. The van der Waals surface area contributed by atoms with E-state index in [9.17, 15) is 32.4 Å². The van der Waals surface area contributed by atoms with Crippen molar-refractivity contribution in [2.75, 3.05) is 11.9 Å². The van der Waals surface area contributed by atoms with Gasteiger partial charge in [-0.05, 0) is 29.8 Å². The predicted molar refractivity (Wildman–Crippen MR) is 91.2 cm³/mol. The molecule has 0 radical (unpaired) electrons. The Morgan fingerprint density at radius 1 is 1.19 bits per heavy atom. The summed E-state index contributed by atoms with van der Waals surface area (Å²) in [5, 5.41) is 23.9. The first kappa shape index (κ1) is 20.0. The number of halogens is 3. The fraction of sp³-hybridized carbons (Fsp3) is 0.200. The van der Waals surface area contributed by atoms with Gasteiger partial charge in [0.15, 0.2) is 0 Å². The number of aliphatic hydroxyl groups excluding tert-OH is 1. The van der Waals surface area contributed by atoms with Gasteiger partial charge in [0.05, 0.1) is 22.5 Å². The Bertz CT molecular complexity index is 907. The number of benzene rings is 2. The van der Waals surface area contributed by atoms with Gasteiger partial charge in [0.25, 0.3) is 5.69 Å². The van der Waals surface area contributed by atoms with Crippen LogP contribution in [0.5, 0.6) is 0 Å². The Balaban J connectivity index is 2.42. The molecule has 2 N–H and O–H groups in total. The van der Waals surface area contributed by atoms with Crippen LogP contribution in [0.25, 0.3) is 0 Å². The maximum absolute atomic E-state index is 12.6. The lowest BCUT2D eigenvalue weighted by Gasteiger charge is -2.18. The molecular weight excluding hydrogens is 394 g/mol. The van der Waals surface area contributed by atoms with Crippen molar-refractivity contribution in [2.24, 2.45) is 0 Å². The topological polar surface area (TPSA) is 110 Å². The minimum atomic E-state index is -4.97. The SMILES string of the molecule is O=[N+]([O-])c1cc(S(=O)(=O)C(F)F)ccc1NC(CO)c1ccc(Cl)cc1. The first-order valence-corrected chi connectivity index (χ1v) is 9.02. The standard InChI is InChI=1S/C15H13ClF2N2O5S/c16-10-3-1-9(2-4-10)13(8-21)19-12-6-5-11(7-14(12)20(22)23)26(24,25)15(17)18/h1-7,13,15,19,21H,8H2. The van der Waals surface area contributed by atoms with Crippen LogP contribution < -0.4 is 5.32 Å². The number of anilines is 1. The summed E-state index contributed by atoms with van der Waals surface area (Å²) in [6.07, 6.45) is 0. The van der Waals surface area contributed by atoms with E-state index in [4.69, 9.17) is 11.6 Å². The molecule has 140 valence electrons. The smallest absolute Gasteiger partial charge is 0.341 e. The van der Waals surface area contributed by atoms with Crippen molar-refractivity contribution < 1.29 is 27.2 Å². The van der Waals surface area contributed by atoms with E-state index in [0.717, 1.165) is 12.1 Å². The van der Waals surface area contributed by atoms with Gasteiger partial charge < -0.3 is 10.4 Å². The van der Waals surface area contributed by atoms with Gasteiger partial charge in [-0.1, -0.05) is 23.7 Å². The van der Waals surface area contributed by atoms with Gasteiger partial charge in [0.1, 0.15) is 5.69 Å². The van der Waals surface area contributed by atoms with Gasteiger partial charge in [-0.2, -0.15) is 8.78 Å². The Morgan fingerprint density at radius 3 is 2.31 bits per heavy atom. The zero-order valence-electron chi connectivity index (χ0n) is 13.0. The highest BCUT2D eigenvalue weighted by molar-refractivity contribution is 7.91. The van der Waals surface area contributed by atoms with E-state index in [1.165, 1.54) is 0 Å². The summed E-state index contributed by atoms with van der Waals surface area (Å²) in [6.45, 7) is -0.435. The molecule has 2 rings (SSSR count). The van der Waals surface area contributed by atoms with E-state index >= 15 is 0 Å². The minimum absolute atomic E-state index is 0.128. The third-order valence-electron chi connectivity index (χ3n) is 3.51. The van der Waals surface area contributed by atoms with Gasteiger partial charge in [0, 0.05) is 11.1 Å². The highest BCUT2D eigenvalue weighted by Crippen LogP contribution is 2.32. The molecule has 0 aliphatic heterocycles. The molecule has 1 atom stereocenters. The fourth-order valence-corrected chi connectivity index (χ4v) is 3.05. The minimum Gasteiger partial charge on any atom is -0.394 e. The summed E-state index contributed by atoms with van der Waals surface area (Å²) in [4.78, 5) is 9.46. The first-order valence-electron chi connectivity index (χ1n) is 7.10. The number of hydrogen-bond acceptors (Lipinski definition) is 6. The summed E-state index contributed by atoms with van der Waals surface area (Å²) < 4.78 is 48.3. The quantitative estimate of drug-likeness (QED) is 0.538. The van der Waals surface area contributed by atoms with Crippen molar-refractivity contribution in [3.8, 4) is 0 Å². The summed E-state index contributed by atoms with van der Waals surface area (Å²) in [5.74, 6) is -3.69. The van der Waals surface area contributed by atoms with Crippen molar-refractivity contribution in [3.63, 3.8) is 0 Å². The Hall–Kier alpha value is -2.30. The molecule has 0 fully saturated rings. The summed E-state index contributed by atoms with van der Waals surface area (Å²) in [7, 11) is -4.97. The van der Waals surface area contributed by atoms with E-state index < -0.39 is 43.7 Å². The van der Waals surface area contributed by atoms with E-state index in [-0.39, 0.29) is 5.69 Å². The zero-order valence-corrected chi connectivity index (χ0v) is 14.5. The number of rotatable bonds is 7. The van der Waals surface area contributed by atoms with E-state index in [0.29, 0.717) is 16.7 Å². The third kappa shape index (κ3) is 4.26. The highest BCUT2D eigenvalue weighted by Gasteiger charge is 2.29. The van der Waals surface area contributed by atoms with Gasteiger partial charge in [-0.3, -0.25) is 10.1 Å². The van der Waals surface area contributed by atoms with Crippen LogP contribution in [0.3, 0.4) is 0 Å². The fourth-order valence-electron chi connectivity index (χ4n) is 2.18. The molecule has 7 nitrogen and oxygen atoms in total. The molecule has 2 aromatic rings. The molecular formula is C15H13ClF2N2O5S. The third-order valence-corrected chi connectivity index (χ3v) is 5.15. The zero-order chi connectivity index (χ0) is 19.5. The van der Waals surface area contributed by atoms with Crippen molar-refractivity contribution in [1.82, 2.24) is 0 Å².